The van der Waals surface area contributed by atoms with Crippen LogP contribution in [0.3, 0.4) is 0 Å². The summed E-state index contributed by atoms with van der Waals surface area (Å²) in [6, 6.07) is 11.8. The van der Waals surface area contributed by atoms with Gasteiger partial charge in [-0.15, -0.1) is 0 Å². The van der Waals surface area contributed by atoms with E-state index in [4.69, 9.17) is 0 Å². The van der Waals surface area contributed by atoms with Gasteiger partial charge in [-0.25, -0.2) is 0 Å². The molecule has 20 heavy (non-hydrogen) atoms. The summed E-state index contributed by atoms with van der Waals surface area (Å²) in [6.45, 7) is 1.64. The highest BCUT2D eigenvalue weighted by molar-refractivity contribution is 14.1. The van der Waals surface area contributed by atoms with Crippen LogP contribution < -0.4 is 5.32 Å². The van der Waals surface area contributed by atoms with Crippen LogP contribution in [-0.2, 0) is 0 Å². The molecule has 0 atom stereocenters. The number of amides is 1. The van der Waals surface area contributed by atoms with Gasteiger partial charge < -0.3 is 5.32 Å². The summed E-state index contributed by atoms with van der Waals surface area (Å²) >= 11 is 2.11. The number of nitro benzene ring substituents is 1. The summed E-state index contributed by atoms with van der Waals surface area (Å²) in [5.41, 5.74) is 1.42. The minimum absolute atomic E-state index is 0.0552. The van der Waals surface area contributed by atoms with Crippen LogP contribution in [0.5, 0.6) is 0 Å². The van der Waals surface area contributed by atoms with Gasteiger partial charge in [-0.3, -0.25) is 14.9 Å². The van der Waals surface area contributed by atoms with Crippen LogP contribution in [0.15, 0.2) is 42.5 Å². The topological polar surface area (TPSA) is 72.2 Å². The Balaban J connectivity index is 2.28. The van der Waals surface area contributed by atoms with Crippen molar-refractivity contribution in [2.45, 2.75) is 6.92 Å². The van der Waals surface area contributed by atoms with E-state index < -0.39 is 4.92 Å². The number of hydrogen-bond acceptors (Lipinski definition) is 3. The zero-order valence-corrected chi connectivity index (χ0v) is 12.7. The second kappa shape index (κ2) is 6.00. The molecule has 0 fully saturated rings. The fraction of sp³-hybridized carbons (Fsp3) is 0.0714. The maximum absolute atomic E-state index is 12.1. The molecule has 1 amide bonds. The number of anilines is 1. The lowest BCUT2D eigenvalue weighted by molar-refractivity contribution is -0.385. The molecule has 0 bridgehead atoms. The summed E-state index contributed by atoms with van der Waals surface area (Å²) in [5.74, 6) is -0.364. The minimum Gasteiger partial charge on any atom is -0.321 e. The molecule has 0 aliphatic heterocycles. The van der Waals surface area contributed by atoms with E-state index in [1.54, 1.807) is 25.1 Å². The first-order valence-electron chi connectivity index (χ1n) is 5.80. The van der Waals surface area contributed by atoms with Crippen molar-refractivity contribution in [1.29, 1.82) is 0 Å². The van der Waals surface area contributed by atoms with E-state index in [1.807, 2.05) is 18.2 Å². The van der Waals surface area contributed by atoms with Gasteiger partial charge in [0.15, 0.2) is 0 Å². The molecular formula is C14H11IN2O3. The van der Waals surface area contributed by atoms with E-state index >= 15 is 0 Å². The number of carbonyl (C=O) groups is 1. The Hall–Kier alpha value is -1.96. The smallest absolute Gasteiger partial charge is 0.273 e. The molecule has 102 valence electrons. The van der Waals surface area contributed by atoms with Crippen LogP contribution in [0.25, 0.3) is 0 Å². The van der Waals surface area contributed by atoms with Crippen molar-refractivity contribution in [3.8, 4) is 0 Å². The lowest BCUT2D eigenvalue weighted by atomic mass is 10.1. The SMILES string of the molecule is Cc1ccc(C(=O)Nc2ccccc2I)cc1[N+](=O)[O-]. The van der Waals surface area contributed by atoms with E-state index in [-0.39, 0.29) is 17.2 Å². The zero-order valence-electron chi connectivity index (χ0n) is 10.6. The second-order valence-electron chi connectivity index (χ2n) is 4.19. The lowest BCUT2D eigenvalue weighted by Gasteiger charge is -2.07. The van der Waals surface area contributed by atoms with Crippen molar-refractivity contribution in [1.82, 2.24) is 0 Å². The first-order valence-corrected chi connectivity index (χ1v) is 6.88. The van der Waals surface area contributed by atoms with Crippen molar-refractivity contribution < 1.29 is 9.72 Å². The number of nitro groups is 1. The van der Waals surface area contributed by atoms with Crippen LogP contribution in [-0.4, -0.2) is 10.8 Å². The number of para-hydroxylation sites is 1. The number of aryl methyl sites for hydroxylation is 1. The molecule has 0 spiro atoms. The third-order valence-electron chi connectivity index (χ3n) is 2.79. The number of carbonyl (C=O) groups excluding carboxylic acids is 1. The van der Waals surface area contributed by atoms with Crippen molar-refractivity contribution in [2.75, 3.05) is 5.32 Å². The van der Waals surface area contributed by atoms with Crippen molar-refractivity contribution in [2.24, 2.45) is 0 Å². The molecule has 5 nitrogen and oxygen atoms in total. The van der Waals surface area contributed by atoms with E-state index in [0.29, 0.717) is 11.3 Å². The first-order chi connectivity index (χ1) is 9.49. The molecule has 0 heterocycles. The van der Waals surface area contributed by atoms with Crippen molar-refractivity contribution >= 4 is 39.9 Å². The van der Waals surface area contributed by atoms with Gasteiger partial charge in [0, 0.05) is 20.8 Å². The lowest BCUT2D eigenvalue weighted by Crippen LogP contribution is -2.13. The fourth-order valence-corrected chi connectivity index (χ4v) is 2.23. The highest BCUT2D eigenvalue weighted by Crippen LogP contribution is 2.21. The summed E-state index contributed by atoms with van der Waals surface area (Å²) < 4.78 is 0.903. The first kappa shape index (κ1) is 14.4. The molecule has 0 unspecified atom stereocenters. The molecule has 0 aliphatic carbocycles. The maximum atomic E-state index is 12.1. The number of nitrogens with zero attached hydrogens (tertiary/aromatic N) is 1. The molecule has 0 aliphatic rings. The largest absolute Gasteiger partial charge is 0.321 e. The highest BCUT2D eigenvalue weighted by atomic mass is 127. The van der Waals surface area contributed by atoms with Crippen LogP contribution in [0, 0.1) is 20.6 Å². The number of nitrogens with one attached hydrogen (secondary N) is 1. The predicted octanol–water partition coefficient (Wildman–Crippen LogP) is 3.76. The Bertz CT molecular complexity index is 686. The van der Waals surface area contributed by atoms with Gasteiger partial charge in [-0.05, 0) is 47.7 Å². The summed E-state index contributed by atoms with van der Waals surface area (Å²) in [4.78, 5) is 22.5. The molecule has 2 rings (SSSR count). The molecule has 0 aromatic heterocycles. The predicted molar refractivity (Wildman–Crippen MR) is 84.9 cm³/mol. The second-order valence-corrected chi connectivity index (χ2v) is 5.35. The summed E-state index contributed by atoms with van der Waals surface area (Å²) in [7, 11) is 0. The van der Waals surface area contributed by atoms with Crippen LogP contribution in [0.1, 0.15) is 15.9 Å². The van der Waals surface area contributed by atoms with E-state index in [9.17, 15) is 14.9 Å². The minimum atomic E-state index is -0.488. The molecule has 0 saturated heterocycles. The van der Waals surface area contributed by atoms with Gasteiger partial charge in [-0.1, -0.05) is 18.2 Å². The van der Waals surface area contributed by atoms with E-state index in [0.717, 1.165) is 3.57 Å². The normalized spacial score (nSPS) is 10.1. The third kappa shape index (κ3) is 3.13. The van der Waals surface area contributed by atoms with Gasteiger partial charge in [-0.2, -0.15) is 0 Å². The maximum Gasteiger partial charge on any atom is 0.273 e. The van der Waals surface area contributed by atoms with Gasteiger partial charge in [0.2, 0.25) is 0 Å². The van der Waals surface area contributed by atoms with E-state index in [2.05, 4.69) is 27.9 Å². The van der Waals surface area contributed by atoms with Crippen LogP contribution in [0.4, 0.5) is 11.4 Å². The van der Waals surface area contributed by atoms with Crippen LogP contribution >= 0.6 is 22.6 Å². The van der Waals surface area contributed by atoms with Gasteiger partial charge in [0.1, 0.15) is 0 Å². The monoisotopic (exact) mass is 382 g/mol. The molecule has 1 N–H and O–H groups in total. The van der Waals surface area contributed by atoms with Gasteiger partial charge >= 0.3 is 0 Å². The summed E-state index contributed by atoms with van der Waals surface area (Å²) in [6.07, 6.45) is 0. The van der Waals surface area contributed by atoms with Gasteiger partial charge in [0.25, 0.3) is 11.6 Å². The van der Waals surface area contributed by atoms with Crippen LogP contribution in [0.2, 0.25) is 0 Å². The van der Waals surface area contributed by atoms with Crippen molar-refractivity contribution in [3.05, 3.63) is 67.3 Å². The fourth-order valence-electron chi connectivity index (χ4n) is 1.70. The average Bonchev–Trinajstić information content (AvgIpc) is 2.41. The van der Waals surface area contributed by atoms with E-state index in [1.165, 1.54) is 6.07 Å². The molecule has 2 aromatic carbocycles. The number of hydrogen-bond donors (Lipinski definition) is 1. The standard InChI is InChI=1S/C14H11IN2O3/c1-9-6-7-10(8-13(9)17(19)20)14(18)16-12-5-3-2-4-11(12)15/h2-8H,1H3,(H,16,18). The number of rotatable bonds is 3. The number of benzene rings is 2. The Morgan fingerprint density at radius 2 is 1.95 bits per heavy atom. The molecule has 0 radical (unpaired) electrons. The average molecular weight is 382 g/mol. The van der Waals surface area contributed by atoms with Gasteiger partial charge in [0.05, 0.1) is 10.6 Å². The molecule has 0 saturated carbocycles. The quantitative estimate of drug-likeness (QED) is 0.499. The number of halogens is 1. The highest BCUT2D eigenvalue weighted by Gasteiger charge is 2.15. The van der Waals surface area contributed by atoms with Crippen molar-refractivity contribution in [3.63, 3.8) is 0 Å². The Labute approximate surface area is 129 Å². The molecule has 6 heteroatoms. The molecule has 2 aromatic rings. The molecular weight excluding hydrogens is 371 g/mol. The zero-order chi connectivity index (χ0) is 14.7. The Morgan fingerprint density at radius 3 is 2.60 bits per heavy atom. The third-order valence-corrected chi connectivity index (χ3v) is 3.73. The Morgan fingerprint density at radius 1 is 1.25 bits per heavy atom. The summed E-state index contributed by atoms with van der Waals surface area (Å²) in [5, 5.41) is 13.6. The Kier molecular flexibility index (Phi) is 4.33.